The average molecular weight is 252 g/mol. The van der Waals surface area contributed by atoms with E-state index in [-0.39, 0.29) is 0 Å². The molecular weight excluding hydrogens is 216 g/mol. The van der Waals surface area contributed by atoms with E-state index in [1.807, 2.05) is 0 Å². The summed E-state index contributed by atoms with van der Waals surface area (Å²) < 4.78 is 0. The first-order valence-corrected chi connectivity index (χ1v) is 8.74. The van der Waals surface area contributed by atoms with Crippen molar-refractivity contribution in [1.29, 1.82) is 0 Å². The molecule has 0 heterocycles. The molecule has 108 valence electrons. The van der Waals surface area contributed by atoms with Crippen molar-refractivity contribution >= 4 is 0 Å². The highest BCUT2D eigenvalue weighted by Crippen LogP contribution is 2.35. The second-order valence-electron chi connectivity index (χ2n) is 6.63. The minimum atomic E-state index is 1.08. The first-order valence-electron chi connectivity index (χ1n) is 8.74. The predicted octanol–water partition coefficient (Wildman–Crippen LogP) is 6.45. The summed E-state index contributed by atoms with van der Waals surface area (Å²) >= 11 is 0. The van der Waals surface area contributed by atoms with Crippen LogP contribution in [-0.2, 0) is 0 Å². The summed E-state index contributed by atoms with van der Waals surface area (Å²) in [5.41, 5.74) is 0. The molecule has 0 aromatic rings. The maximum Gasteiger partial charge on any atom is -0.0389 e. The van der Waals surface area contributed by atoms with E-state index in [9.17, 15) is 0 Å². The molecule has 0 amide bonds. The molecule has 0 heteroatoms. The van der Waals surface area contributed by atoms with Gasteiger partial charge in [0.25, 0.3) is 0 Å². The molecule has 0 aliphatic heterocycles. The van der Waals surface area contributed by atoms with Crippen LogP contribution in [0.25, 0.3) is 0 Å². The minimum Gasteiger partial charge on any atom is -0.0651 e. The Morgan fingerprint density at radius 3 is 1.33 bits per heavy atom. The van der Waals surface area contributed by atoms with Gasteiger partial charge in [-0.2, -0.15) is 0 Å². The van der Waals surface area contributed by atoms with Gasteiger partial charge in [-0.3, -0.25) is 0 Å². The normalized spacial score (nSPS) is 35.3. The third-order valence-corrected chi connectivity index (χ3v) is 5.67. The van der Waals surface area contributed by atoms with Crippen molar-refractivity contribution in [3.8, 4) is 0 Å². The Balaban J connectivity index is 0.000000180. The van der Waals surface area contributed by atoms with E-state index in [4.69, 9.17) is 0 Å². The average Bonchev–Trinajstić information content (AvgIpc) is 3.07. The molecule has 2 fully saturated rings. The lowest BCUT2D eigenvalue weighted by Crippen LogP contribution is -2.04. The Morgan fingerprint density at radius 1 is 0.611 bits per heavy atom. The second-order valence-corrected chi connectivity index (χ2v) is 6.63. The van der Waals surface area contributed by atoms with Gasteiger partial charge < -0.3 is 0 Å². The molecule has 2 saturated carbocycles. The zero-order valence-corrected chi connectivity index (χ0v) is 13.4. The summed E-state index contributed by atoms with van der Waals surface area (Å²) in [6.45, 7) is 9.31. The predicted molar refractivity (Wildman–Crippen MR) is 82.8 cm³/mol. The van der Waals surface area contributed by atoms with Crippen LogP contribution in [0, 0.1) is 23.7 Å². The van der Waals surface area contributed by atoms with Gasteiger partial charge in [0.05, 0.1) is 0 Å². The number of hydrogen-bond donors (Lipinski definition) is 0. The van der Waals surface area contributed by atoms with E-state index in [0.717, 1.165) is 23.7 Å². The van der Waals surface area contributed by atoms with E-state index in [2.05, 4.69) is 27.7 Å². The molecule has 18 heavy (non-hydrogen) atoms. The van der Waals surface area contributed by atoms with Crippen molar-refractivity contribution in [2.24, 2.45) is 23.7 Å². The highest BCUT2D eigenvalue weighted by atomic mass is 14.3. The first-order chi connectivity index (χ1) is 8.74. The smallest absolute Gasteiger partial charge is 0.0389 e. The Bertz CT molecular complexity index is 176. The van der Waals surface area contributed by atoms with Crippen LogP contribution < -0.4 is 0 Å². The van der Waals surface area contributed by atoms with Crippen LogP contribution in [0.1, 0.15) is 91.9 Å². The maximum atomic E-state index is 2.33. The third kappa shape index (κ3) is 4.94. The van der Waals surface area contributed by atoms with Crippen molar-refractivity contribution < 1.29 is 0 Å². The number of rotatable bonds is 4. The van der Waals surface area contributed by atoms with Gasteiger partial charge in [-0.05, 0) is 30.1 Å². The fraction of sp³-hybridized carbons (Fsp3) is 1.00. The minimum absolute atomic E-state index is 1.08. The molecule has 0 saturated heterocycles. The van der Waals surface area contributed by atoms with Crippen LogP contribution in [0.5, 0.6) is 0 Å². The number of hydrogen-bond acceptors (Lipinski definition) is 0. The van der Waals surface area contributed by atoms with Gasteiger partial charge in [-0.25, -0.2) is 0 Å². The fourth-order valence-electron chi connectivity index (χ4n) is 4.11. The summed E-state index contributed by atoms with van der Waals surface area (Å²) in [6, 6.07) is 0. The zero-order chi connectivity index (χ0) is 13.4. The molecule has 0 N–H and O–H groups in total. The quantitative estimate of drug-likeness (QED) is 0.539. The van der Waals surface area contributed by atoms with Gasteiger partial charge in [0.2, 0.25) is 0 Å². The van der Waals surface area contributed by atoms with Gasteiger partial charge in [0, 0.05) is 0 Å². The lowest BCUT2D eigenvalue weighted by molar-refractivity contribution is 0.367. The molecule has 2 aliphatic rings. The van der Waals surface area contributed by atoms with Crippen LogP contribution in [-0.4, -0.2) is 0 Å². The molecule has 0 aromatic carbocycles. The van der Waals surface area contributed by atoms with E-state index < -0.39 is 0 Å². The molecule has 0 nitrogen and oxygen atoms in total. The maximum absolute atomic E-state index is 2.33. The van der Waals surface area contributed by atoms with E-state index in [0.29, 0.717) is 0 Å². The van der Waals surface area contributed by atoms with Crippen molar-refractivity contribution in [3.63, 3.8) is 0 Å². The zero-order valence-electron chi connectivity index (χ0n) is 13.4. The van der Waals surface area contributed by atoms with Gasteiger partial charge >= 0.3 is 0 Å². The molecule has 4 unspecified atom stereocenters. The summed E-state index contributed by atoms with van der Waals surface area (Å²) in [5.74, 6) is 4.31. The Morgan fingerprint density at radius 2 is 1.06 bits per heavy atom. The van der Waals surface area contributed by atoms with Gasteiger partial charge in [0.15, 0.2) is 0 Å². The first kappa shape index (κ1) is 16.1. The monoisotopic (exact) mass is 252 g/mol. The van der Waals surface area contributed by atoms with Crippen molar-refractivity contribution in [2.75, 3.05) is 0 Å². The van der Waals surface area contributed by atoms with E-state index in [1.54, 1.807) is 0 Å². The topological polar surface area (TPSA) is 0 Å². The third-order valence-electron chi connectivity index (χ3n) is 5.67. The SMILES string of the molecule is CCC1CCC(CC)C1.CCC1CCCC1CC. The Kier molecular flexibility index (Phi) is 8.02. The molecule has 2 aliphatic carbocycles. The molecule has 2 rings (SSSR count). The van der Waals surface area contributed by atoms with Crippen molar-refractivity contribution in [3.05, 3.63) is 0 Å². The molecule has 0 spiro atoms. The molecule has 0 radical (unpaired) electrons. The molecule has 4 atom stereocenters. The fourth-order valence-corrected chi connectivity index (χ4v) is 4.11. The van der Waals surface area contributed by atoms with Gasteiger partial charge in [0.1, 0.15) is 0 Å². The van der Waals surface area contributed by atoms with E-state index in [1.165, 1.54) is 64.2 Å². The molecule has 0 aromatic heterocycles. The second kappa shape index (κ2) is 8.99. The highest BCUT2D eigenvalue weighted by molar-refractivity contribution is 4.75. The van der Waals surface area contributed by atoms with Crippen LogP contribution in [0.4, 0.5) is 0 Å². The highest BCUT2D eigenvalue weighted by Gasteiger charge is 2.23. The lowest BCUT2D eigenvalue weighted by atomic mass is 9.92. The lowest BCUT2D eigenvalue weighted by Gasteiger charge is -2.14. The Hall–Kier alpha value is 0. The van der Waals surface area contributed by atoms with Crippen LogP contribution in [0.2, 0.25) is 0 Å². The molecule has 0 bridgehead atoms. The molecular formula is C18H36. The summed E-state index contributed by atoms with van der Waals surface area (Å²) in [5, 5.41) is 0. The van der Waals surface area contributed by atoms with Gasteiger partial charge in [-0.15, -0.1) is 0 Å². The standard InChI is InChI=1S/2C9H18/c1-3-8-5-6-9(4-2)7-8;1-3-8-6-5-7-9(8)4-2/h2*8-9H,3-7H2,1-2H3. The summed E-state index contributed by atoms with van der Waals surface area (Å²) in [6.07, 6.45) is 14.7. The summed E-state index contributed by atoms with van der Waals surface area (Å²) in [7, 11) is 0. The largest absolute Gasteiger partial charge is 0.0651 e. The van der Waals surface area contributed by atoms with Crippen molar-refractivity contribution in [2.45, 2.75) is 91.9 Å². The van der Waals surface area contributed by atoms with Crippen LogP contribution in [0.15, 0.2) is 0 Å². The summed E-state index contributed by atoms with van der Waals surface area (Å²) in [4.78, 5) is 0. The van der Waals surface area contributed by atoms with E-state index >= 15 is 0 Å². The Labute approximate surface area is 116 Å². The van der Waals surface area contributed by atoms with Crippen LogP contribution in [0.3, 0.4) is 0 Å². The van der Waals surface area contributed by atoms with Gasteiger partial charge in [-0.1, -0.05) is 85.5 Å². The van der Waals surface area contributed by atoms with Crippen molar-refractivity contribution in [1.82, 2.24) is 0 Å². The van der Waals surface area contributed by atoms with Crippen LogP contribution >= 0.6 is 0 Å².